The molecule has 5 nitrogen and oxygen atoms in total. The van der Waals surface area contributed by atoms with Crippen molar-refractivity contribution in [1.82, 2.24) is 14.9 Å². The highest BCUT2D eigenvalue weighted by molar-refractivity contribution is 5.95. The molecule has 0 atom stereocenters. The largest absolute Gasteiger partial charge is 0.497 e. The molecule has 1 aromatic carbocycles. The maximum atomic E-state index is 12.9. The molecule has 1 amide bonds. The molecule has 146 valence electrons. The zero-order valence-electron chi connectivity index (χ0n) is 16.6. The van der Waals surface area contributed by atoms with E-state index in [-0.39, 0.29) is 11.9 Å². The van der Waals surface area contributed by atoms with Gasteiger partial charge in [0.2, 0.25) is 0 Å². The quantitative estimate of drug-likeness (QED) is 0.724. The second-order valence-electron chi connectivity index (χ2n) is 7.66. The summed E-state index contributed by atoms with van der Waals surface area (Å²) in [6, 6.07) is 12.4. The van der Waals surface area contributed by atoms with Crippen molar-refractivity contribution in [2.75, 3.05) is 7.11 Å². The Morgan fingerprint density at radius 1 is 1.18 bits per heavy atom. The van der Waals surface area contributed by atoms with Gasteiger partial charge in [0.15, 0.2) is 0 Å². The number of carbonyl (C=O) groups is 1. The normalized spacial score (nSPS) is 14.9. The van der Waals surface area contributed by atoms with Gasteiger partial charge in [0.25, 0.3) is 5.91 Å². The number of carbonyl (C=O) groups excluding carboxylic acids is 1. The van der Waals surface area contributed by atoms with Crippen LogP contribution in [0.5, 0.6) is 5.75 Å². The molecule has 5 heteroatoms. The number of methoxy groups -OCH3 is 1. The number of nitrogens with zero attached hydrogens (tertiary/aromatic N) is 2. The van der Waals surface area contributed by atoms with Gasteiger partial charge in [-0.1, -0.05) is 31.4 Å². The molecule has 4 rings (SSSR count). The van der Waals surface area contributed by atoms with Crippen LogP contribution in [0.3, 0.4) is 0 Å². The number of pyridine rings is 1. The maximum Gasteiger partial charge on any atom is 0.270 e. The number of hydrogen-bond donors (Lipinski definition) is 1. The number of fused-ring (bicyclic) bond motifs is 1. The van der Waals surface area contributed by atoms with E-state index < -0.39 is 0 Å². The van der Waals surface area contributed by atoms with Crippen molar-refractivity contribution in [3.63, 3.8) is 0 Å². The van der Waals surface area contributed by atoms with Crippen molar-refractivity contribution < 1.29 is 9.53 Å². The van der Waals surface area contributed by atoms with E-state index in [0.717, 1.165) is 41.6 Å². The number of rotatable bonds is 5. The second kappa shape index (κ2) is 8.05. The molecule has 0 radical (unpaired) electrons. The lowest BCUT2D eigenvalue weighted by Gasteiger charge is -2.22. The van der Waals surface area contributed by atoms with Crippen LogP contribution in [0.25, 0.3) is 11.0 Å². The molecule has 0 unspecified atom stereocenters. The fourth-order valence-electron chi connectivity index (χ4n) is 4.03. The summed E-state index contributed by atoms with van der Waals surface area (Å²) in [7, 11) is 3.64. The van der Waals surface area contributed by atoms with Gasteiger partial charge >= 0.3 is 0 Å². The third-order valence-corrected chi connectivity index (χ3v) is 5.65. The average molecular weight is 377 g/mol. The summed E-state index contributed by atoms with van der Waals surface area (Å²) in [6.07, 6.45) is 8.53. The molecule has 1 aliphatic rings. The van der Waals surface area contributed by atoms with Crippen LogP contribution in [0.4, 0.5) is 0 Å². The SMILES string of the molecule is COc1ccc(Cc2cc(C(=O)NC3CCCCC3)nc3c2ccn3C)cc1. The van der Waals surface area contributed by atoms with E-state index in [1.54, 1.807) is 7.11 Å². The van der Waals surface area contributed by atoms with Crippen molar-refractivity contribution in [3.05, 3.63) is 59.4 Å². The minimum Gasteiger partial charge on any atom is -0.497 e. The monoisotopic (exact) mass is 377 g/mol. The van der Waals surface area contributed by atoms with Gasteiger partial charge in [0, 0.05) is 24.7 Å². The summed E-state index contributed by atoms with van der Waals surface area (Å²) in [5.41, 5.74) is 3.64. The van der Waals surface area contributed by atoms with E-state index in [1.165, 1.54) is 24.8 Å². The molecule has 2 heterocycles. The smallest absolute Gasteiger partial charge is 0.270 e. The van der Waals surface area contributed by atoms with E-state index in [2.05, 4.69) is 28.5 Å². The van der Waals surface area contributed by atoms with Crippen molar-refractivity contribution >= 4 is 16.9 Å². The molecule has 0 aliphatic heterocycles. The number of hydrogen-bond acceptors (Lipinski definition) is 3. The second-order valence-corrected chi connectivity index (χ2v) is 7.66. The van der Waals surface area contributed by atoms with Gasteiger partial charge in [-0.15, -0.1) is 0 Å². The minimum atomic E-state index is -0.0639. The van der Waals surface area contributed by atoms with Crippen molar-refractivity contribution in [3.8, 4) is 5.75 Å². The molecule has 0 spiro atoms. The van der Waals surface area contributed by atoms with Crippen molar-refractivity contribution in [1.29, 1.82) is 0 Å². The van der Waals surface area contributed by atoms with Gasteiger partial charge in [-0.3, -0.25) is 4.79 Å². The number of nitrogens with one attached hydrogen (secondary N) is 1. The van der Waals surface area contributed by atoms with E-state index in [4.69, 9.17) is 4.74 Å². The molecular weight excluding hydrogens is 350 g/mol. The van der Waals surface area contributed by atoms with Gasteiger partial charge in [-0.25, -0.2) is 4.98 Å². The molecule has 1 aliphatic carbocycles. The molecule has 1 saturated carbocycles. The van der Waals surface area contributed by atoms with Crippen molar-refractivity contribution in [2.45, 2.75) is 44.6 Å². The molecule has 2 aromatic heterocycles. The molecule has 0 saturated heterocycles. The highest BCUT2D eigenvalue weighted by Gasteiger charge is 2.19. The van der Waals surface area contributed by atoms with E-state index in [9.17, 15) is 4.79 Å². The molecule has 1 fully saturated rings. The van der Waals surface area contributed by atoms with Gasteiger partial charge in [0.05, 0.1) is 7.11 Å². The molecular formula is C23H27N3O2. The van der Waals surface area contributed by atoms with Gasteiger partial charge in [0.1, 0.15) is 17.1 Å². The summed E-state index contributed by atoms with van der Waals surface area (Å²) in [5.74, 6) is 0.780. The van der Waals surface area contributed by atoms with Crippen LogP contribution in [0, 0.1) is 0 Å². The van der Waals surface area contributed by atoms with Crippen LogP contribution in [0.2, 0.25) is 0 Å². The van der Waals surface area contributed by atoms with Crippen LogP contribution >= 0.6 is 0 Å². The molecule has 1 N–H and O–H groups in total. The Morgan fingerprint density at radius 3 is 2.64 bits per heavy atom. The molecule has 3 aromatic rings. The number of ether oxygens (including phenoxy) is 1. The fraction of sp³-hybridized carbons (Fsp3) is 0.391. The Balaban J connectivity index is 1.63. The predicted molar refractivity (Wildman–Crippen MR) is 111 cm³/mol. The molecule has 28 heavy (non-hydrogen) atoms. The number of amides is 1. The Hall–Kier alpha value is -2.82. The first-order valence-electron chi connectivity index (χ1n) is 10.0. The Morgan fingerprint density at radius 2 is 1.93 bits per heavy atom. The summed E-state index contributed by atoms with van der Waals surface area (Å²) in [5, 5.41) is 4.28. The summed E-state index contributed by atoms with van der Waals surface area (Å²) in [4.78, 5) is 17.5. The number of aromatic nitrogens is 2. The first-order chi connectivity index (χ1) is 13.6. The van der Waals surface area contributed by atoms with E-state index >= 15 is 0 Å². The van der Waals surface area contributed by atoms with Crippen molar-refractivity contribution in [2.24, 2.45) is 7.05 Å². The van der Waals surface area contributed by atoms with Crippen LogP contribution in [-0.4, -0.2) is 28.6 Å². The number of aryl methyl sites for hydroxylation is 1. The third-order valence-electron chi connectivity index (χ3n) is 5.65. The first kappa shape index (κ1) is 18.5. The van der Waals surface area contributed by atoms with E-state index in [1.807, 2.05) is 36.0 Å². The topological polar surface area (TPSA) is 56.1 Å². The fourth-order valence-corrected chi connectivity index (χ4v) is 4.03. The lowest BCUT2D eigenvalue weighted by atomic mass is 9.95. The average Bonchev–Trinajstić information content (AvgIpc) is 3.10. The van der Waals surface area contributed by atoms with E-state index in [0.29, 0.717) is 5.69 Å². The zero-order valence-corrected chi connectivity index (χ0v) is 16.6. The highest BCUT2D eigenvalue weighted by Crippen LogP contribution is 2.24. The van der Waals surface area contributed by atoms with Gasteiger partial charge in [-0.2, -0.15) is 0 Å². The van der Waals surface area contributed by atoms with Gasteiger partial charge < -0.3 is 14.6 Å². The van der Waals surface area contributed by atoms with Gasteiger partial charge in [-0.05, 0) is 54.7 Å². The standard InChI is InChI=1S/C23H27N3O2/c1-26-13-12-20-17(14-16-8-10-19(28-2)11-9-16)15-21(25-22(20)26)23(27)24-18-6-4-3-5-7-18/h8-13,15,18H,3-7,14H2,1-2H3,(H,24,27). The lowest BCUT2D eigenvalue weighted by molar-refractivity contribution is 0.0923. The number of benzene rings is 1. The highest BCUT2D eigenvalue weighted by atomic mass is 16.5. The summed E-state index contributed by atoms with van der Waals surface area (Å²) >= 11 is 0. The minimum absolute atomic E-state index is 0.0639. The van der Waals surface area contributed by atoms with Crippen LogP contribution < -0.4 is 10.1 Å². The molecule has 0 bridgehead atoms. The maximum absolute atomic E-state index is 12.9. The lowest BCUT2D eigenvalue weighted by Crippen LogP contribution is -2.36. The Bertz CT molecular complexity index is 969. The summed E-state index contributed by atoms with van der Waals surface area (Å²) in [6.45, 7) is 0. The van der Waals surface area contributed by atoms with Crippen LogP contribution in [0.15, 0.2) is 42.6 Å². The Kier molecular flexibility index (Phi) is 5.33. The van der Waals surface area contributed by atoms with Crippen LogP contribution in [-0.2, 0) is 13.5 Å². The van der Waals surface area contributed by atoms with Crippen LogP contribution in [0.1, 0.15) is 53.7 Å². The zero-order chi connectivity index (χ0) is 19.5. The Labute approximate surface area is 165 Å². The summed E-state index contributed by atoms with van der Waals surface area (Å²) < 4.78 is 7.23. The third kappa shape index (κ3) is 3.88. The predicted octanol–water partition coefficient (Wildman–Crippen LogP) is 4.24. The first-order valence-corrected chi connectivity index (χ1v) is 10.0.